The predicted octanol–water partition coefficient (Wildman–Crippen LogP) is 1.86. The number of rotatable bonds is 2. The van der Waals surface area contributed by atoms with E-state index in [4.69, 9.17) is 0 Å². The summed E-state index contributed by atoms with van der Waals surface area (Å²) in [6, 6.07) is 5.73. The number of alkyl halides is 2. The van der Waals surface area contributed by atoms with E-state index in [9.17, 15) is 18.0 Å². The van der Waals surface area contributed by atoms with Crippen molar-refractivity contribution in [1.82, 2.24) is 10.2 Å². The first kappa shape index (κ1) is 16.1. The Bertz CT molecular complexity index is 554. The van der Waals surface area contributed by atoms with Crippen LogP contribution in [-0.2, 0) is 4.79 Å². The van der Waals surface area contributed by atoms with Crippen LogP contribution in [0.15, 0.2) is 24.3 Å². The molecule has 2 heterocycles. The third-order valence-electron chi connectivity index (χ3n) is 4.47. The van der Waals surface area contributed by atoms with E-state index in [1.54, 1.807) is 12.1 Å². The lowest BCUT2D eigenvalue weighted by Gasteiger charge is -2.39. The molecule has 126 valence electrons. The standard InChI is InChI=1S/C16H20F3N3O/c17-12-1-3-13(4-2-12)22-10-7-20-14(11-22)15(23)21-8-5-16(18,19)6-9-21/h1-4,14,20H,5-11H2. The number of carbonyl (C=O) groups is 1. The van der Waals surface area contributed by atoms with Crippen LogP contribution < -0.4 is 10.2 Å². The number of benzene rings is 1. The molecule has 7 heteroatoms. The van der Waals surface area contributed by atoms with Crippen molar-refractivity contribution in [2.24, 2.45) is 0 Å². The van der Waals surface area contributed by atoms with Gasteiger partial charge in [0.1, 0.15) is 11.9 Å². The van der Waals surface area contributed by atoms with E-state index >= 15 is 0 Å². The normalized spacial score (nSPS) is 24.6. The van der Waals surface area contributed by atoms with E-state index in [-0.39, 0.29) is 37.7 Å². The summed E-state index contributed by atoms with van der Waals surface area (Å²) < 4.78 is 39.4. The number of carbonyl (C=O) groups excluding carboxylic acids is 1. The quantitative estimate of drug-likeness (QED) is 0.901. The van der Waals surface area contributed by atoms with Crippen molar-refractivity contribution in [3.8, 4) is 0 Å². The highest BCUT2D eigenvalue weighted by Crippen LogP contribution is 2.28. The van der Waals surface area contributed by atoms with Crippen LogP contribution in [0.5, 0.6) is 0 Å². The Kier molecular flexibility index (Phi) is 4.48. The zero-order chi connectivity index (χ0) is 16.4. The molecule has 0 radical (unpaired) electrons. The number of hydrogen-bond acceptors (Lipinski definition) is 3. The van der Waals surface area contributed by atoms with E-state index in [1.807, 2.05) is 4.90 Å². The van der Waals surface area contributed by atoms with Gasteiger partial charge >= 0.3 is 0 Å². The van der Waals surface area contributed by atoms with Gasteiger partial charge in [-0.3, -0.25) is 4.79 Å². The number of amides is 1. The van der Waals surface area contributed by atoms with Crippen LogP contribution in [-0.4, -0.2) is 55.5 Å². The van der Waals surface area contributed by atoms with Crippen molar-refractivity contribution in [1.29, 1.82) is 0 Å². The van der Waals surface area contributed by atoms with Crippen molar-refractivity contribution in [3.05, 3.63) is 30.1 Å². The summed E-state index contributed by atoms with van der Waals surface area (Å²) in [5.41, 5.74) is 0.857. The molecule has 0 saturated carbocycles. The number of halogens is 3. The van der Waals surface area contributed by atoms with Crippen LogP contribution in [0.4, 0.5) is 18.9 Å². The van der Waals surface area contributed by atoms with E-state index < -0.39 is 12.0 Å². The lowest BCUT2D eigenvalue weighted by Crippen LogP contribution is -2.59. The molecule has 3 rings (SSSR count). The third kappa shape index (κ3) is 3.77. The molecular weight excluding hydrogens is 307 g/mol. The van der Waals surface area contributed by atoms with Crippen LogP contribution in [0, 0.1) is 5.82 Å². The van der Waals surface area contributed by atoms with Crippen LogP contribution in [0.3, 0.4) is 0 Å². The van der Waals surface area contributed by atoms with Gasteiger partial charge in [-0.2, -0.15) is 0 Å². The lowest BCUT2D eigenvalue weighted by molar-refractivity contribution is -0.139. The zero-order valence-electron chi connectivity index (χ0n) is 12.8. The molecule has 4 nitrogen and oxygen atoms in total. The number of nitrogens with one attached hydrogen (secondary N) is 1. The molecule has 1 atom stereocenters. The molecule has 23 heavy (non-hydrogen) atoms. The Balaban J connectivity index is 1.62. The molecule has 0 aromatic heterocycles. The molecule has 1 unspecified atom stereocenters. The first-order valence-electron chi connectivity index (χ1n) is 7.85. The summed E-state index contributed by atoms with van der Waals surface area (Å²) in [5, 5.41) is 3.15. The largest absolute Gasteiger partial charge is 0.368 e. The molecular formula is C16H20F3N3O. The second kappa shape index (κ2) is 6.39. The molecule has 1 aromatic rings. The summed E-state index contributed by atoms with van der Waals surface area (Å²) in [7, 11) is 0. The minimum atomic E-state index is -2.66. The summed E-state index contributed by atoms with van der Waals surface area (Å²) in [6.07, 6.45) is -0.541. The van der Waals surface area contributed by atoms with Gasteiger partial charge in [0.05, 0.1) is 0 Å². The highest BCUT2D eigenvalue weighted by molar-refractivity contribution is 5.83. The lowest BCUT2D eigenvalue weighted by atomic mass is 10.0. The van der Waals surface area contributed by atoms with Crippen molar-refractivity contribution < 1.29 is 18.0 Å². The molecule has 1 amide bonds. The zero-order valence-corrected chi connectivity index (χ0v) is 12.8. The van der Waals surface area contributed by atoms with E-state index in [0.717, 1.165) is 5.69 Å². The molecule has 1 aromatic carbocycles. The molecule has 0 aliphatic carbocycles. The highest BCUT2D eigenvalue weighted by Gasteiger charge is 2.38. The molecule has 2 saturated heterocycles. The predicted molar refractivity (Wildman–Crippen MR) is 81.2 cm³/mol. The fraction of sp³-hybridized carbons (Fsp3) is 0.562. The smallest absolute Gasteiger partial charge is 0.251 e. The second-order valence-corrected chi connectivity index (χ2v) is 6.11. The van der Waals surface area contributed by atoms with Crippen molar-refractivity contribution in [2.45, 2.75) is 24.8 Å². The van der Waals surface area contributed by atoms with Crippen LogP contribution in [0.25, 0.3) is 0 Å². The van der Waals surface area contributed by atoms with Gasteiger partial charge in [-0.1, -0.05) is 0 Å². The number of piperidine rings is 1. The Hall–Kier alpha value is -1.76. The summed E-state index contributed by atoms with van der Waals surface area (Å²) in [5.74, 6) is -3.09. The van der Waals surface area contributed by atoms with Crippen LogP contribution >= 0.6 is 0 Å². The minimum Gasteiger partial charge on any atom is -0.368 e. The topological polar surface area (TPSA) is 35.6 Å². The number of hydrogen-bond donors (Lipinski definition) is 1. The van der Waals surface area contributed by atoms with Gasteiger partial charge in [0.15, 0.2) is 0 Å². The highest BCUT2D eigenvalue weighted by atomic mass is 19.3. The first-order valence-corrected chi connectivity index (χ1v) is 7.85. The molecule has 2 aliphatic heterocycles. The second-order valence-electron chi connectivity index (χ2n) is 6.11. The van der Waals surface area contributed by atoms with Gasteiger partial charge in [0.2, 0.25) is 5.91 Å². The number of anilines is 1. The Morgan fingerprint density at radius 3 is 2.43 bits per heavy atom. The average Bonchev–Trinajstić information content (AvgIpc) is 2.55. The Morgan fingerprint density at radius 2 is 1.78 bits per heavy atom. The fourth-order valence-electron chi connectivity index (χ4n) is 3.08. The molecule has 0 spiro atoms. The Labute approximate surface area is 133 Å². The summed E-state index contributed by atoms with van der Waals surface area (Å²) in [4.78, 5) is 16.1. The van der Waals surface area contributed by atoms with Crippen molar-refractivity contribution in [3.63, 3.8) is 0 Å². The molecule has 1 N–H and O–H groups in total. The maximum atomic E-state index is 13.2. The number of piperazine rings is 1. The minimum absolute atomic E-state index is 0.0978. The van der Waals surface area contributed by atoms with Gasteiger partial charge in [-0.05, 0) is 24.3 Å². The SMILES string of the molecule is O=C(C1CN(c2ccc(F)cc2)CCN1)N1CCC(F)(F)CC1. The Morgan fingerprint density at radius 1 is 1.13 bits per heavy atom. The average molecular weight is 327 g/mol. The van der Waals surface area contributed by atoms with Gasteiger partial charge in [-0.15, -0.1) is 0 Å². The third-order valence-corrected chi connectivity index (χ3v) is 4.47. The van der Waals surface area contributed by atoms with Crippen molar-refractivity contribution in [2.75, 3.05) is 37.6 Å². The van der Waals surface area contributed by atoms with E-state index in [2.05, 4.69) is 5.32 Å². The van der Waals surface area contributed by atoms with Gasteiger partial charge in [0.25, 0.3) is 5.92 Å². The maximum absolute atomic E-state index is 13.2. The molecule has 0 bridgehead atoms. The van der Waals surface area contributed by atoms with Gasteiger partial charge in [0, 0.05) is 51.3 Å². The molecule has 2 fully saturated rings. The molecule has 2 aliphatic rings. The fourth-order valence-corrected chi connectivity index (χ4v) is 3.08. The summed E-state index contributed by atoms with van der Waals surface area (Å²) >= 11 is 0. The van der Waals surface area contributed by atoms with E-state index in [1.165, 1.54) is 17.0 Å². The van der Waals surface area contributed by atoms with Crippen LogP contribution in [0.1, 0.15) is 12.8 Å². The van der Waals surface area contributed by atoms with Gasteiger partial charge in [-0.25, -0.2) is 13.2 Å². The number of nitrogens with zero attached hydrogens (tertiary/aromatic N) is 2. The summed E-state index contributed by atoms with van der Waals surface area (Å²) in [6.45, 7) is 1.99. The van der Waals surface area contributed by atoms with Crippen LogP contribution in [0.2, 0.25) is 0 Å². The first-order chi connectivity index (χ1) is 10.9. The van der Waals surface area contributed by atoms with Gasteiger partial charge < -0.3 is 15.1 Å². The van der Waals surface area contributed by atoms with E-state index in [0.29, 0.717) is 19.6 Å². The number of likely N-dealkylation sites (tertiary alicyclic amines) is 1. The van der Waals surface area contributed by atoms with Crippen molar-refractivity contribution >= 4 is 11.6 Å². The monoisotopic (exact) mass is 327 g/mol. The maximum Gasteiger partial charge on any atom is 0.251 e.